The lowest BCUT2D eigenvalue weighted by Gasteiger charge is -2.35. The zero-order valence-corrected chi connectivity index (χ0v) is 19.2. The number of carbonyl (C=O) groups is 1. The number of carboxylic acid groups (broad SMARTS) is 1. The van der Waals surface area contributed by atoms with Crippen molar-refractivity contribution < 1.29 is 27.1 Å². The predicted octanol–water partition coefficient (Wildman–Crippen LogP) is 3.05. The second-order valence-corrected chi connectivity index (χ2v) is 9.67. The Morgan fingerprint density at radius 3 is 2.49 bits per heavy atom. The third-order valence-corrected chi connectivity index (χ3v) is 7.09. The van der Waals surface area contributed by atoms with Crippen LogP contribution in [0.1, 0.15) is 16.8 Å². The standard InChI is InChI=1S/C23H21F2N5O4S/c24-19-4-3-16(13-20(19)25)35(33,34)28-15-2-5-21-17(12-15)18(23(31)32)14-22(27-21)30-10-8-29(9-11-30)7-1-6-26/h2-5,12-14,28H,1,7-11H2,(H,31,32). The summed E-state index contributed by atoms with van der Waals surface area (Å²) >= 11 is 0. The molecule has 3 aromatic rings. The highest BCUT2D eigenvalue weighted by molar-refractivity contribution is 7.92. The molecule has 35 heavy (non-hydrogen) atoms. The number of carboxylic acids is 1. The van der Waals surface area contributed by atoms with E-state index in [4.69, 9.17) is 5.26 Å². The van der Waals surface area contributed by atoms with Gasteiger partial charge < -0.3 is 10.0 Å². The molecule has 4 rings (SSSR count). The van der Waals surface area contributed by atoms with Crippen LogP contribution in [0.3, 0.4) is 0 Å². The van der Waals surface area contributed by atoms with Crippen molar-refractivity contribution >= 4 is 38.4 Å². The minimum Gasteiger partial charge on any atom is -0.478 e. The Hall–Kier alpha value is -3.82. The molecular weight excluding hydrogens is 480 g/mol. The first-order chi connectivity index (χ1) is 16.7. The van der Waals surface area contributed by atoms with Crippen LogP contribution in [0.15, 0.2) is 47.4 Å². The number of rotatable bonds is 7. The Bertz CT molecular complexity index is 1430. The fourth-order valence-electron chi connectivity index (χ4n) is 3.88. The van der Waals surface area contributed by atoms with E-state index in [0.717, 1.165) is 6.07 Å². The number of pyridine rings is 1. The first kappa shape index (κ1) is 24.3. The number of aromatic nitrogens is 1. The van der Waals surface area contributed by atoms with E-state index < -0.39 is 32.5 Å². The smallest absolute Gasteiger partial charge is 0.336 e. The van der Waals surface area contributed by atoms with Gasteiger partial charge in [-0.05, 0) is 42.5 Å². The van der Waals surface area contributed by atoms with Crippen molar-refractivity contribution in [2.24, 2.45) is 0 Å². The third-order valence-electron chi connectivity index (χ3n) is 5.72. The van der Waals surface area contributed by atoms with Crippen LogP contribution >= 0.6 is 0 Å². The molecule has 1 aliphatic rings. The summed E-state index contributed by atoms with van der Waals surface area (Å²) in [7, 11) is -4.25. The molecule has 0 radical (unpaired) electrons. The van der Waals surface area contributed by atoms with Crippen molar-refractivity contribution in [1.29, 1.82) is 5.26 Å². The zero-order valence-electron chi connectivity index (χ0n) is 18.4. The van der Waals surface area contributed by atoms with Gasteiger partial charge in [0.15, 0.2) is 11.6 Å². The number of nitrogens with zero attached hydrogens (tertiary/aromatic N) is 4. The highest BCUT2D eigenvalue weighted by atomic mass is 32.2. The molecule has 2 aromatic carbocycles. The number of nitriles is 1. The number of hydrogen-bond acceptors (Lipinski definition) is 7. The number of fused-ring (bicyclic) bond motifs is 1. The molecule has 0 bridgehead atoms. The number of hydrogen-bond donors (Lipinski definition) is 2. The van der Waals surface area contributed by atoms with Gasteiger partial charge in [0.25, 0.3) is 10.0 Å². The Labute approximate surface area is 200 Å². The summed E-state index contributed by atoms with van der Waals surface area (Å²) in [6.07, 6.45) is 0.444. The van der Waals surface area contributed by atoms with Gasteiger partial charge in [-0.15, -0.1) is 0 Å². The number of sulfonamides is 1. The Balaban J connectivity index is 1.62. The average molecular weight is 502 g/mol. The van der Waals surface area contributed by atoms with Crippen LogP contribution in [0.4, 0.5) is 20.3 Å². The van der Waals surface area contributed by atoms with Gasteiger partial charge in [-0.1, -0.05) is 0 Å². The fraction of sp³-hybridized carbons (Fsp3) is 0.261. The lowest BCUT2D eigenvalue weighted by molar-refractivity contribution is 0.0699. The molecular formula is C23H21F2N5O4S. The summed E-state index contributed by atoms with van der Waals surface area (Å²) in [6, 6.07) is 10.0. The van der Waals surface area contributed by atoms with Gasteiger partial charge in [0.2, 0.25) is 0 Å². The zero-order chi connectivity index (χ0) is 25.2. The lowest BCUT2D eigenvalue weighted by atomic mass is 10.1. The molecule has 1 aliphatic heterocycles. The molecule has 2 N–H and O–H groups in total. The Morgan fingerprint density at radius 2 is 1.83 bits per heavy atom. The first-order valence-corrected chi connectivity index (χ1v) is 12.2. The van der Waals surface area contributed by atoms with Gasteiger partial charge in [-0.25, -0.2) is 27.0 Å². The highest BCUT2D eigenvalue weighted by Crippen LogP contribution is 2.28. The molecule has 0 aliphatic carbocycles. The van der Waals surface area contributed by atoms with Crippen molar-refractivity contribution in [3.05, 3.63) is 59.7 Å². The summed E-state index contributed by atoms with van der Waals surface area (Å²) < 4.78 is 54.2. The van der Waals surface area contributed by atoms with E-state index in [1.54, 1.807) is 0 Å². The quantitative estimate of drug-likeness (QED) is 0.506. The van der Waals surface area contributed by atoms with Gasteiger partial charge >= 0.3 is 5.97 Å². The molecule has 2 heterocycles. The van der Waals surface area contributed by atoms with Crippen LogP contribution in [-0.4, -0.2) is 62.1 Å². The van der Waals surface area contributed by atoms with Gasteiger partial charge in [0, 0.05) is 50.2 Å². The van der Waals surface area contributed by atoms with Crippen molar-refractivity contribution in [3.8, 4) is 6.07 Å². The number of anilines is 2. The van der Waals surface area contributed by atoms with Gasteiger partial charge in [0.05, 0.1) is 22.0 Å². The number of piperazine rings is 1. The molecule has 1 aromatic heterocycles. The summed E-state index contributed by atoms with van der Waals surface area (Å²) in [5.74, 6) is -3.19. The van der Waals surface area contributed by atoms with Crippen molar-refractivity contribution in [2.45, 2.75) is 11.3 Å². The molecule has 0 spiro atoms. The van der Waals surface area contributed by atoms with E-state index in [1.807, 2.05) is 4.90 Å². The van der Waals surface area contributed by atoms with Gasteiger partial charge in [-0.3, -0.25) is 9.62 Å². The van der Waals surface area contributed by atoms with Crippen LogP contribution < -0.4 is 9.62 Å². The maximum absolute atomic E-state index is 13.5. The first-order valence-electron chi connectivity index (χ1n) is 10.7. The van der Waals surface area contributed by atoms with Crippen molar-refractivity contribution in [2.75, 3.05) is 42.3 Å². The molecule has 0 unspecified atom stereocenters. The van der Waals surface area contributed by atoms with Crippen LogP contribution in [-0.2, 0) is 10.0 Å². The van der Waals surface area contributed by atoms with Gasteiger partial charge in [0.1, 0.15) is 5.82 Å². The molecule has 1 fully saturated rings. The van der Waals surface area contributed by atoms with Crippen LogP contribution in [0.25, 0.3) is 10.9 Å². The molecule has 9 nitrogen and oxygen atoms in total. The summed E-state index contributed by atoms with van der Waals surface area (Å²) in [5.41, 5.74) is 0.360. The molecule has 0 atom stereocenters. The molecule has 12 heteroatoms. The second kappa shape index (κ2) is 9.81. The molecule has 1 saturated heterocycles. The van der Waals surface area contributed by atoms with E-state index in [1.165, 1.54) is 24.3 Å². The molecule has 0 amide bonds. The lowest BCUT2D eigenvalue weighted by Crippen LogP contribution is -2.46. The predicted molar refractivity (Wildman–Crippen MR) is 125 cm³/mol. The van der Waals surface area contributed by atoms with Crippen LogP contribution in [0, 0.1) is 23.0 Å². The van der Waals surface area contributed by atoms with Crippen LogP contribution in [0.5, 0.6) is 0 Å². The maximum atomic E-state index is 13.5. The minimum absolute atomic E-state index is 0.0467. The summed E-state index contributed by atoms with van der Waals surface area (Å²) in [5, 5.41) is 18.8. The van der Waals surface area contributed by atoms with E-state index in [0.29, 0.717) is 62.6 Å². The highest BCUT2D eigenvalue weighted by Gasteiger charge is 2.22. The second-order valence-electron chi connectivity index (χ2n) is 7.98. The largest absolute Gasteiger partial charge is 0.478 e. The SMILES string of the molecule is N#CCCN1CCN(c2cc(C(=O)O)c3cc(NS(=O)(=O)c4ccc(F)c(F)c4)ccc3n2)CC1. The topological polar surface area (TPSA) is 127 Å². The monoisotopic (exact) mass is 501 g/mol. The maximum Gasteiger partial charge on any atom is 0.336 e. The number of aromatic carboxylic acids is 1. The molecule has 182 valence electrons. The third kappa shape index (κ3) is 5.31. The number of halogens is 2. The van der Waals surface area contributed by atoms with Crippen LogP contribution in [0.2, 0.25) is 0 Å². The summed E-state index contributed by atoms with van der Waals surface area (Å²) in [6.45, 7) is 3.35. The Kier molecular flexibility index (Phi) is 6.81. The minimum atomic E-state index is -4.25. The van der Waals surface area contributed by atoms with E-state index in [2.05, 4.69) is 20.7 Å². The number of nitrogens with one attached hydrogen (secondary N) is 1. The van der Waals surface area contributed by atoms with E-state index in [-0.39, 0.29) is 16.6 Å². The number of benzene rings is 2. The fourth-order valence-corrected chi connectivity index (χ4v) is 4.94. The van der Waals surface area contributed by atoms with E-state index >= 15 is 0 Å². The van der Waals surface area contributed by atoms with Crippen molar-refractivity contribution in [1.82, 2.24) is 9.88 Å². The Morgan fingerprint density at radius 1 is 1.09 bits per heavy atom. The summed E-state index contributed by atoms with van der Waals surface area (Å²) in [4.78, 5) is 20.2. The normalized spacial score (nSPS) is 14.6. The average Bonchev–Trinajstić information content (AvgIpc) is 2.83. The van der Waals surface area contributed by atoms with E-state index in [9.17, 15) is 27.1 Å². The van der Waals surface area contributed by atoms with Gasteiger partial charge in [-0.2, -0.15) is 5.26 Å². The molecule has 0 saturated carbocycles. The van der Waals surface area contributed by atoms with Crippen molar-refractivity contribution in [3.63, 3.8) is 0 Å².